The molecule has 0 aliphatic carbocycles. The Hall–Kier alpha value is -1.05. The Morgan fingerprint density at radius 1 is 0.941 bits per heavy atom. The molecule has 0 saturated heterocycles. The Bertz CT molecular complexity index is 274. The van der Waals surface area contributed by atoms with Crippen molar-refractivity contribution < 1.29 is 5.21 Å². The van der Waals surface area contributed by atoms with Crippen LogP contribution in [0.1, 0.15) is 41.5 Å². The average molecular weight is 237 g/mol. The highest BCUT2D eigenvalue weighted by Gasteiger charge is 2.35. The number of oxime groups is 1. The molecule has 98 valence electrons. The van der Waals surface area contributed by atoms with Crippen molar-refractivity contribution in [3.05, 3.63) is 25.3 Å². The van der Waals surface area contributed by atoms with Crippen LogP contribution in [-0.4, -0.2) is 10.9 Å². The van der Waals surface area contributed by atoms with Gasteiger partial charge in [-0.1, -0.05) is 58.9 Å². The fourth-order valence-corrected chi connectivity index (χ4v) is 2.15. The van der Waals surface area contributed by atoms with Gasteiger partial charge in [0.2, 0.25) is 0 Å². The first-order valence-electron chi connectivity index (χ1n) is 6.06. The van der Waals surface area contributed by atoms with Crippen molar-refractivity contribution in [3.63, 3.8) is 0 Å². The summed E-state index contributed by atoms with van der Waals surface area (Å²) in [6.45, 7) is 20.4. The Morgan fingerprint density at radius 3 is 1.35 bits per heavy atom. The third-order valence-electron chi connectivity index (χ3n) is 3.09. The van der Waals surface area contributed by atoms with E-state index in [9.17, 15) is 5.21 Å². The van der Waals surface area contributed by atoms with E-state index in [2.05, 4.69) is 59.9 Å². The van der Waals surface area contributed by atoms with E-state index in [0.717, 1.165) is 5.71 Å². The first kappa shape index (κ1) is 16.0. The zero-order valence-corrected chi connectivity index (χ0v) is 12.1. The minimum atomic E-state index is -0.0180. The molecule has 17 heavy (non-hydrogen) atoms. The number of nitrogens with zero attached hydrogens (tertiary/aromatic N) is 1. The highest BCUT2D eigenvalue weighted by Crippen LogP contribution is 2.37. The van der Waals surface area contributed by atoms with Crippen molar-refractivity contribution in [2.45, 2.75) is 41.5 Å². The molecule has 0 saturated carbocycles. The van der Waals surface area contributed by atoms with E-state index in [4.69, 9.17) is 0 Å². The summed E-state index contributed by atoms with van der Waals surface area (Å²) in [4.78, 5) is 0. The highest BCUT2D eigenvalue weighted by molar-refractivity contribution is 5.92. The predicted molar refractivity (Wildman–Crippen MR) is 75.5 cm³/mol. The van der Waals surface area contributed by atoms with Crippen molar-refractivity contribution in [3.8, 4) is 0 Å². The maximum Gasteiger partial charge on any atom is 0.0717 e. The van der Waals surface area contributed by atoms with Crippen molar-refractivity contribution in [2.24, 2.45) is 27.8 Å². The van der Waals surface area contributed by atoms with Crippen LogP contribution in [0.5, 0.6) is 0 Å². The second-order valence-corrected chi connectivity index (χ2v) is 6.68. The van der Waals surface area contributed by atoms with E-state index in [-0.39, 0.29) is 22.7 Å². The fourth-order valence-electron chi connectivity index (χ4n) is 2.15. The number of allylic oxidation sites excluding steroid dienone is 2. The van der Waals surface area contributed by atoms with E-state index >= 15 is 0 Å². The van der Waals surface area contributed by atoms with Crippen LogP contribution in [0.15, 0.2) is 30.5 Å². The van der Waals surface area contributed by atoms with Gasteiger partial charge in [0.05, 0.1) is 5.71 Å². The van der Waals surface area contributed by atoms with Crippen LogP contribution < -0.4 is 0 Å². The number of hydrogen-bond acceptors (Lipinski definition) is 2. The number of hydrogen-bond donors (Lipinski definition) is 1. The predicted octanol–water partition coefficient (Wildman–Crippen LogP) is 4.51. The van der Waals surface area contributed by atoms with Gasteiger partial charge in [-0.15, -0.1) is 13.2 Å². The molecule has 0 bridgehead atoms. The van der Waals surface area contributed by atoms with Crippen LogP contribution in [0.4, 0.5) is 0 Å². The zero-order valence-electron chi connectivity index (χ0n) is 12.1. The van der Waals surface area contributed by atoms with Gasteiger partial charge >= 0.3 is 0 Å². The van der Waals surface area contributed by atoms with Crippen LogP contribution in [0.2, 0.25) is 0 Å². The van der Waals surface area contributed by atoms with Crippen molar-refractivity contribution in [1.82, 2.24) is 0 Å². The molecule has 0 amide bonds. The lowest BCUT2D eigenvalue weighted by molar-refractivity contribution is 0.273. The van der Waals surface area contributed by atoms with Crippen LogP contribution in [0, 0.1) is 22.7 Å². The molecule has 2 heteroatoms. The van der Waals surface area contributed by atoms with Crippen LogP contribution in [0.25, 0.3) is 0 Å². The summed E-state index contributed by atoms with van der Waals surface area (Å²) in [5, 5.41) is 12.9. The summed E-state index contributed by atoms with van der Waals surface area (Å²) in [5.74, 6) is 0.0736. The van der Waals surface area contributed by atoms with E-state index < -0.39 is 0 Å². The van der Waals surface area contributed by atoms with E-state index in [1.54, 1.807) is 0 Å². The van der Waals surface area contributed by atoms with Gasteiger partial charge in [-0.3, -0.25) is 0 Å². The lowest BCUT2D eigenvalue weighted by atomic mass is 9.68. The van der Waals surface area contributed by atoms with Crippen molar-refractivity contribution >= 4 is 5.71 Å². The molecule has 2 nitrogen and oxygen atoms in total. The SMILES string of the molecule is C=CC(C(=NO)C(C=C)C(C)(C)C)C(C)(C)C. The maximum atomic E-state index is 9.35. The fraction of sp³-hybridized carbons (Fsp3) is 0.667. The van der Waals surface area contributed by atoms with Gasteiger partial charge < -0.3 is 5.21 Å². The molecule has 0 aliphatic heterocycles. The molecule has 0 rings (SSSR count). The summed E-state index contributed by atoms with van der Waals surface area (Å²) in [6, 6.07) is 0. The van der Waals surface area contributed by atoms with Crippen molar-refractivity contribution in [2.75, 3.05) is 0 Å². The summed E-state index contributed by atoms with van der Waals surface area (Å²) in [5.41, 5.74) is 0.709. The first-order valence-corrected chi connectivity index (χ1v) is 6.06. The second kappa shape index (κ2) is 5.52. The van der Waals surface area contributed by atoms with Crippen molar-refractivity contribution in [1.29, 1.82) is 0 Å². The molecule has 0 radical (unpaired) electrons. The Balaban J connectivity index is 5.48. The standard InChI is InChI=1S/C15H27NO/c1-9-11(14(3,4)5)13(16-17)12(10-2)15(6,7)8/h9-12,17H,1-2H2,3-8H3. The first-order chi connectivity index (χ1) is 7.59. The molecule has 2 unspecified atom stereocenters. The summed E-state index contributed by atoms with van der Waals surface area (Å²) >= 11 is 0. The van der Waals surface area contributed by atoms with E-state index in [1.165, 1.54) is 0 Å². The van der Waals surface area contributed by atoms with Gasteiger partial charge in [0.25, 0.3) is 0 Å². The quantitative estimate of drug-likeness (QED) is 0.332. The summed E-state index contributed by atoms with van der Waals surface area (Å²) in [6.07, 6.45) is 3.72. The molecule has 0 spiro atoms. The molecule has 0 aromatic carbocycles. The lowest BCUT2D eigenvalue weighted by Crippen LogP contribution is -2.37. The van der Waals surface area contributed by atoms with Gasteiger partial charge in [-0.05, 0) is 10.8 Å². The van der Waals surface area contributed by atoms with Crippen LogP contribution in [0.3, 0.4) is 0 Å². The minimum Gasteiger partial charge on any atom is -0.411 e. The molecule has 0 fully saturated rings. The summed E-state index contributed by atoms with van der Waals surface area (Å²) in [7, 11) is 0. The van der Waals surface area contributed by atoms with E-state index in [1.807, 2.05) is 12.2 Å². The van der Waals surface area contributed by atoms with Crippen LogP contribution >= 0.6 is 0 Å². The van der Waals surface area contributed by atoms with Gasteiger partial charge in [0.1, 0.15) is 0 Å². The minimum absolute atomic E-state index is 0.0180. The zero-order chi connectivity index (χ0) is 13.9. The molecular weight excluding hydrogens is 210 g/mol. The Labute approximate surface area is 106 Å². The van der Waals surface area contributed by atoms with Gasteiger partial charge in [0.15, 0.2) is 0 Å². The smallest absolute Gasteiger partial charge is 0.0717 e. The Kier molecular flexibility index (Phi) is 5.18. The van der Waals surface area contributed by atoms with Gasteiger partial charge in [-0.25, -0.2) is 0 Å². The average Bonchev–Trinajstić information content (AvgIpc) is 2.13. The normalized spacial score (nSPS) is 15.9. The lowest BCUT2D eigenvalue weighted by Gasteiger charge is -2.36. The Morgan fingerprint density at radius 2 is 1.24 bits per heavy atom. The third-order valence-corrected chi connectivity index (χ3v) is 3.09. The maximum absolute atomic E-state index is 9.35. The highest BCUT2D eigenvalue weighted by atomic mass is 16.4. The molecule has 2 atom stereocenters. The topological polar surface area (TPSA) is 32.6 Å². The molecule has 0 aromatic rings. The summed E-state index contributed by atoms with van der Waals surface area (Å²) < 4.78 is 0. The molecule has 0 aliphatic rings. The monoisotopic (exact) mass is 237 g/mol. The van der Waals surface area contributed by atoms with E-state index in [0.29, 0.717) is 0 Å². The van der Waals surface area contributed by atoms with Crippen LogP contribution in [-0.2, 0) is 0 Å². The van der Waals surface area contributed by atoms with Gasteiger partial charge in [-0.2, -0.15) is 0 Å². The number of rotatable bonds is 4. The third kappa shape index (κ3) is 4.03. The molecule has 0 aromatic heterocycles. The molecular formula is C15H27NO. The van der Waals surface area contributed by atoms with Gasteiger partial charge in [0, 0.05) is 11.8 Å². The second-order valence-electron chi connectivity index (χ2n) is 6.68. The molecule has 0 heterocycles. The molecule has 1 N–H and O–H groups in total. The largest absolute Gasteiger partial charge is 0.411 e.